The maximum atomic E-state index is 12.0. The second-order valence-electron chi connectivity index (χ2n) is 5.92. The number of aryl methyl sites for hydroxylation is 1. The van der Waals surface area contributed by atoms with E-state index in [0.717, 1.165) is 10.8 Å². The van der Waals surface area contributed by atoms with Crippen molar-refractivity contribution in [3.8, 4) is 0 Å². The molecule has 35 heavy (non-hydrogen) atoms. The van der Waals surface area contributed by atoms with Crippen molar-refractivity contribution >= 4 is 23.5 Å². The molecule has 1 aliphatic heterocycles. The van der Waals surface area contributed by atoms with E-state index in [9.17, 15) is 42.9 Å². The van der Waals surface area contributed by atoms with Crippen molar-refractivity contribution in [1.82, 2.24) is 9.55 Å². The first-order valence-electron chi connectivity index (χ1n) is 7.85. The number of aromatic amines is 1. The quantitative estimate of drug-likeness (QED) is 0.102. The van der Waals surface area contributed by atoms with E-state index in [1.807, 2.05) is 4.98 Å². The van der Waals surface area contributed by atoms with Crippen LogP contribution in [0.25, 0.3) is 10.4 Å². The van der Waals surface area contributed by atoms with Gasteiger partial charge in [-0.15, -0.1) is 0 Å². The average molecular weight is 531 g/mol. The Morgan fingerprint density at radius 1 is 1.14 bits per heavy atom. The standard InChI is InChI=1S/C10H16N5O13P3.4Li/c1-5-3-15(10(17)12-9(5)16)8-2-6(13-14-11)7(26-8)4-25-30(21,22)28-31(23,24)27-29(18,19)20;;;;/h3,6-8H,2,4H2,1H3,(H,21,22)(H,23,24)(H,12,16,17)(H2,18,19,20);;;;/q;4*+1/p-4. The van der Waals surface area contributed by atoms with Gasteiger partial charge in [0.15, 0.2) is 0 Å². The molecule has 5 atom stereocenters. The van der Waals surface area contributed by atoms with Gasteiger partial charge in [0.25, 0.3) is 21.2 Å². The maximum absolute atomic E-state index is 12.0. The molecule has 1 fully saturated rings. The van der Waals surface area contributed by atoms with Gasteiger partial charge < -0.3 is 33.4 Å². The van der Waals surface area contributed by atoms with Crippen molar-refractivity contribution < 1.29 is 127 Å². The largest absolute Gasteiger partial charge is 1.00 e. The van der Waals surface area contributed by atoms with E-state index in [0.29, 0.717) is 0 Å². The van der Waals surface area contributed by atoms with E-state index < -0.39 is 59.7 Å². The average Bonchev–Trinajstić information content (AvgIpc) is 2.96. The predicted octanol–water partition coefficient (Wildman–Crippen LogP) is -14.4. The van der Waals surface area contributed by atoms with Gasteiger partial charge in [0.05, 0.1) is 26.6 Å². The van der Waals surface area contributed by atoms with Gasteiger partial charge >= 0.3 is 81.1 Å². The fourth-order valence-corrected chi connectivity index (χ4v) is 5.34. The van der Waals surface area contributed by atoms with Crippen molar-refractivity contribution in [2.24, 2.45) is 5.11 Å². The Balaban J connectivity index is -0.00000256. The Bertz CT molecular complexity index is 1150. The number of hydrogen-bond donors (Lipinski definition) is 1. The summed E-state index contributed by atoms with van der Waals surface area (Å²) in [7, 11) is -18.1. The van der Waals surface area contributed by atoms with Crippen LogP contribution in [-0.2, 0) is 31.6 Å². The van der Waals surface area contributed by atoms with Crippen molar-refractivity contribution in [2.75, 3.05) is 6.61 Å². The topological polar surface area (TPSA) is 284 Å². The van der Waals surface area contributed by atoms with Gasteiger partial charge in [-0.05, 0) is 12.5 Å². The number of ether oxygens (including phenoxy) is 1. The first-order valence-corrected chi connectivity index (χ1v) is 12.2. The molecule has 1 aromatic rings. The van der Waals surface area contributed by atoms with Crippen molar-refractivity contribution in [3.05, 3.63) is 43.0 Å². The van der Waals surface area contributed by atoms with Crippen LogP contribution in [0.1, 0.15) is 18.2 Å². The predicted molar refractivity (Wildman–Crippen MR) is 88.5 cm³/mol. The molecule has 0 bridgehead atoms. The van der Waals surface area contributed by atoms with Gasteiger partial charge in [0.2, 0.25) is 0 Å². The van der Waals surface area contributed by atoms with Crippen LogP contribution in [0.2, 0.25) is 0 Å². The molecule has 1 aliphatic rings. The van der Waals surface area contributed by atoms with Crippen LogP contribution in [0.15, 0.2) is 20.9 Å². The summed E-state index contributed by atoms with van der Waals surface area (Å²) in [5.41, 5.74) is 7.27. The molecule has 0 spiro atoms. The van der Waals surface area contributed by atoms with Crippen LogP contribution < -0.4 is 106 Å². The molecule has 0 aliphatic carbocycles. The fraction of sp³-hybridized carbons (Fsp3) is 0.600. The molecule has 1 saturated heterocycles. The molecule has 18 nitrogen and oxygen atoms in total. The van der Waals surface area contributed by atoms with Gasteiger partial charge in [-0.2, -0.15) is 0 Å². The monoisotopic (exact) mass is 531 g/mol. The number of phosphoric acid groups is 3. The molecule has 2 rings (SSSR count). The Kier molecular flexibility index (Phi) is 18.4. The minimum atomic E-state index is -6.14. The Morgan fingerprint density at radius 2 is 1.71 bits per heavy atom. The maximum Gasteiger partial charge on any atom is 1.00 e. The van der Waals surface area contributed by atoms with E-state index in [-0.39, 0.29) is 87.4 Å². The van der Waals surface area contributed by atoms with E-state index >= 15 is 0 Å². The molecule has 5 unspecified atom stereocenters. The third-order valence-electron chi connectivity index (χ3n) is 3.66. The van der Waals surface area contributed by atoms with Gasteiger partial charge in [-0.1, -0.05) is 5.11 Å². The van der Waals surface area contributed by atoms with Crippen LogP contribution in [0.3, 0.4) is 0 Å². The number of nitrogens with one attached hydrogen (secondary N) is 1. The fourth-order valence-electron chi connectivity index (χ4n) is 2.47. The molecular formula is C10H12Li4N5O13P3. The SMILES string of the molecule is Cc1cn(C2CC(N=[N+]=[N-])C(COP(=O)([O-])OP(=O)([O-])OP(=O)([O-])[O-])O2)c(=O)[nH]c1=O.[Li+].[Li+].[Li+].[Li+]. The first kappa shape index (κ1) is 40.2. The molecule has 1 aromatic heterocycles. The number of nitrogens with zero attached hydrogens (tertiary/aromatic N) is 4. The Morgan fingerprint density at radius 3 is 2.23 bits per heavy atom. The molecule has 2 heterocycles. The van der Waals surface area contributed by atoms with Crippen LogP contribution in [0.5, 0.6) is 0 Å². The van der Waals surface area contributed by atoms with Crippen LogP contribution in [0.4, 0.5) is 0 Å². The third-order valence-corrected chi connectivity index (χ3v) is 7.32. The van der Waals surface area contributed by atoms with E-state index in [4.69, 9.17) is 10.3 Å². The zero-order valence-corrected chi connectivity index (χ0v) is 21.8. The third kappa shape index (κ3) is 12.9. The molecule has 25 heteroatoms. The van der Waals surface area contributed by atoms with E-state index in [1.165, 1.54) is 6.92 Å². The van der Waals surface area contributed by atoms with Crippen molar-refractivity contribution in [2.45, 2.75) is 31.7 Å². The zero-order chi connectivity index (χ0) is 23.6. The minimum Gasteiger partial charge on any atom is -0.790 e. The smallest absolute Gasteiger partial charge is 0.790 e. The normalized spacial score (nSPS) is 22.5. The molecule has 0 aromatic carbocycles. The number of H-pyrrole nitrogens is 1. The first-order chi connectivity index (χ1) is 14.1. The summed E-state index contributed by atoms with van der Waals surface area (Å²) in [5.74, 6) is 0. The summed E-state index contributed by atoms with van der Waals surface area (Å²) in [6.45, 7) is 0.399. The van der Waals surface area contributed by atoms with Gasteiger partial charge in [-0.3, -0.25) is 27.8 Å². The van der Waals surface area contributed by atoms with E-state index in [2.05, 4.69) is 23.2 Å². The zero-order valence-electron chi connectivity index (χ0n) is 19.2. The van der Waals surface area contributed by atoms with Gasteiger partial charge in [-0.25, -0.2) is 9.11 Å². The van der Waals surface area contributed by atoms with Crippen molar-refractivity contribution in [3.63, 3.8) is 0 Å². The number of rotatable bonds is 9. The summed E-state index contributed by atoms with van der Waals surface area (Å²) in [6, 6.07) is -1.10. The van der Waals surface area contributed by atoms with E-state index in [1.54, 1.807) is 0 Å². The van der Waals surface area contributed by atoms with Gasteiger partial charge in [0.1, 0.15) is 6.23 Å². The molecule has 174 valence electrons. The van der Waals surface area contributed by atoms with Crippen LogP contribution >= 0.6 is 23.5 Å². The molecule has 0 radical (unpaired) electrons. The molecule has 0 amide bonds. The summed E-state index contributed by atoms with van der Waals surface area (Å²) in [5, 5.41) is 3.37. The Hall–Kier alpha value is 0.750. The second-order valence-corrected chi connectivity index (χ2v) is 10.2. The number of azide groups is 1. The van der Waals surface area contributed by atoms with Gasteiger partial charge in [0, 0.05) is 23.1 Å². The Labute approximate surface area is 244 Å². The molecule has 1 N–H and O–H groups in total. The summed E-state index contributed by atoms with van der Waals surface area (Å²) in [4.78, 5) is 71.4. The summed E-state index contributed by atoms with van der Waals surface area (Å²) < 4.78 is 50.2. The molecular weight excluding hydrogens is 519 g/mol. The number of aromatic nitrogens is 2. The van der Waals surface area contributed by atoms with Crippen molar-refractivity contribution in [1.29, 1.82) is 0 Å². The number of phosphoric ester groups is 1. The second kappa shape index (κ2) is 16.0. The summed E-state index contributed by atoms with van der Waals surface area (Å²) >= 11 is 0. The molecule has 0 saturated carbocycles. The van der Waals surface area contributed by atoms with Crippen LogP contribution in [0, 0.1) is 6.92 Å². The van der Waals surface area contributed by atoms with Crippen LogP contribution in [-0.4, -0.2) is 28.3 Å². The minimum absolute atomic E-state index is 0. The summed E-state index contributed by atoms with van der Waals surface area (Å²) in [6.07, 6.45) is -1.48. The number of hydrogen-bond acceptors (Lipinski definition) is 14.